The van der Waals surface area contributed by atoms with Crippen molar-refractivity contribution in [3.05, 3.63) is 0 Å². The van der Waals surface area contributed by atoms with E-state index in [2.05, 4.69) is 37.2 Å². The molecule has 158 valence electrons. The van der Waals surface area contributed by atoms with Gasteiger partial charge >= 0.3 is 0 Å². The van der Waals surface area contributed by atoms with Gasteiger partial charge in [0.25, 0.3) is 0 Å². The van der Waals surface area contributed by atoms with Gasteiger partial charge in [0, 0.05) is 51.9 Å². The molecule has 1 amide bonds. The van der Waals surface area contributed by atoms with Crippen molar-refractivity contribution in [2.45, 2.75) is 52.1 Å². The maximum Gasteiger partial charge on any atom is 0.234 e. The van der Waals surface area contributed by atoms with Gasteiger partial charge in [-0.05, 0) is 39.8 Å². The lowest BCUT2D eigenvalue weighted by molar-refractivity contribution is -0.123. The van der Waals surface area contributed by atoms with Crippen LogP contribution in [0.3, 0.4) is 0 Å². The summed E-state index contributed by atoms with van der Waals surface area (Å²) in [5.41, 5.74) is 0. The first kappa shape index (κ1) is 24.4. The first-order chi connectivity index (χ1) is 12.5. The molecule has 2 saturated heterocycles. The summed E-state index contributed by atoms with van der Waals surface area (Å²) < 4.78 is 0. The molecule has 0 spiro atoms. The molecular weight excluding hydrogens is 455 g/mol. The van der Waals surface area contributed by atoms with Crippen molar-refractivity contribution in [1.82, 2.24) is 25.3 Å². The van der Waals surface area contributed by atoms with Crippen molar-refractivity contribution in [1.29, 1.82) is 0 Å². The number of hydrogen-bond donors (Lipinski definition) is 2. The monoisotopic (exact) mass is 494 g/mol. The number of rotatable bonds is 6. The molecule has 2 aliphatic rings. The first-order valence-corrected chi connectivity index (χ1v) is 10.2. The number of nitrogens with one attached hydrogen (secondary N) is 2. The average molecular weight is 494 g/mol. The van der Waals surface area contributed by atoms with Gasteiger partial charge in [-0.25, -0.2) is 0 Å². The van der Waals surface area contributed by atoms with E-state index in [0.717, 1.165) is 45.2 Å². The summed E-state index contributed by atoms with van der Waals surface area (Å²) in [6.45, 7) is 13.7. The van der Waals surface area contributed by atoms with Crippen LogP contribution >= 0.6 is 24.0 Å². The van der Waals surface area contributed by atoms with E-state index in [1.165, 1.54) is 25.8 Å². The highest BCUT2D eigenvalue weighted by Gasteiger charge is 2.24. The van der Waals surface area contributed by atoms with Crippen LogP contribution in [0.2, 0.25) is 0 Å². The summed E-state index contributed by atoms with van der Waals surface area (Å²) in [5.74, 6) is 1.12. The van der Waals surface area contributed by atoms with E-state index in [-0.39, 0.29) is 35.9 Å². The molecule has 8 heteroatoms. The number of aliphatic imine (C=N–C) groups is 1. The summed E-state index contributed by atoms with van der Waals surface area (Å²) >= 11 is 0. The van der Waals surface area contributed by atoms with Gasteiger partial charge in [-0.1, -0.05) is 13.3 Å². The van der Waals surface area contributed by atoms with Crippen LogP contribution in [0.15, 0.2) is 4.99 Å². The number of piperidine rings is 1. The highest BCUT2D eigenvalue weighted by atomic mass is 127. The van der Waals surface area contributed by atoms with E-state index in [1.54, 1.807) is 0 Å². The number of hydrogen-bond acceptors (Lipinski definition) is 4. The number of carbonyl (C=O) groups is 1. The zero-order chi connectivity index (χ0) is 18.9. The molecule has 0 bridgehead atoms. The van der Waals surface area contributed by atoms with Gasteiger partial charge in [0.1, 0.15) is 0 Å². The van der Waals surface area contributed by atoms with Crippen LogP contribution in [0, 0.1) is 0 Å². The Hall–Kier alpha value is -0.610. The van der Waals surface area contributed by atoms with Gasteiger partial charge in [-0.2, -0.15) is 0 Å². The minimum atomic E-state index is 0. The van der Waals surface area contributed by atoms with Gasteiger partial charge in [-0.3, -0.25) is 19.6 Å². The summed E-state index contributed by atoms with van der Waals surface area (Å²) in [7, 11) is 1.86. The summed E-state index contributed by atoms with van der Waals surface area (Å²) in [6, 6.07) is 0.820. The van der Waals surface area contributed by atoms with Crippen molar-refractivity contribution >= 4 is 35.8 Å². The molecule has 27 heavy (non-hydrogen) atoms. The number of likely N-dealkylation sites (N-methyl/N-ethyl adjacent to an activating group) is 1. The molecular formula is C19H39IN6O. The highest BCUT2D eigenvalue weighted by Crippen LogP contribution is 2.15. The van der Waals surface area contributed by atoms with Crippen LogP contribution in [-0.4, -0.2) is 98.1 Å². The normalized spacial score (nSPS) is 22.5. The predicted molar refractivity (Wildman–Crippen MR) is 123 cm³/mol. The number of likely N-dealkylation sites (tertiary alicyclic amines) is 1. The van der Waals surface area contributed by atoms with Gasteiger partial charge in [0.2, 0.25) is 5.91 Å². The Kier molecular flexibility index (Phi) is 11.6. The summed E-state index contributed by atoms with van der Waals surface area (Å²) in [6.07, 6.45) is 3.93. The largest absolute Gasteiger partial charge is 0.355 e. The quantitative estimate of drug-likeness (QED) is 0.330. The second-order valence-electron chi connectivity index (χ2n) is 7.69. The maximum atomic E-state index is 11.9. The second kappa shape index (κ2) is 12.8. The fourth-order valence-corrected chi connectivity index (χ4v) is 3.94. The number of carbonyl (C=O) groups excluding carboxylic acids is 1. The van der Waals surface area contributed by atoms with E-state index >= 15 is 0 Å². The molecule has 0 aromatic carbocycles. The second-order valence-corrected chi connectivity index (χ2v) is 7.69. The lowest BCUT2D eigenvalue weighted by atomic mass is 10.0. The van der Waals surface area contributed by atoms with Crippen LogP contribution in [0.5, 0.6) is 0 Å². The lowest BCUT2D eigenvalue weighted by Crippen LogP contribution is -2.56. The standard InChI is InChI=1S/C19H38N6O.HI/c1-5-24-9-7-6-8-17(24)14-21-19(20-4)25-12-10-23(11-13-25)15-18(26)22-16(2)3;/h16-17H,5-15H2,1-4H3,(H,20,21)(H,22,26);1H. The average Bonchev–Trinajstić information content (AvgIpc) is 2.63. The van der Waals surface area contributed by atoms with Crippen LogP contribution in [0.4, 0.5) is 0 Å². The fraction of sp³-hybridized carbons (Fsp3) is 0.895. The molecule has 1 atom stereocenters. The smallest absolute Gasteiger partial charge is 0.234 e. The number of amides is 1. The molecule has 2 aliphatic heterocycles. The van der Waals surface area contributed by atoms with Crippen molar-refractivity contribution in [2.24, 2.45) is 4.99 Å². The molecule has 2 rings (SSSR count). The van der Waals surface area contributed by atoms with E-state index in [0.29, 0.717) is 12.6 Å². The first-order valence-electron chi connectivity index (χ1n) is 10.2. The van der Waals surface area contributed by atoms with Crippen LogP contribution in [0.1, 0.15) is 40.0 Å². The minimum absolute atomic E-state index is 0. The molecule has 0 radical (unpaired) electrons. The van der Waals surface area contributed by atoms with Crippen molar-refractivity contribution < 1.29 is 4.79 Å². The molecule has 0 saturated carbocycles. The van der Waals surface area contributed by atoms with Crippen LogP contribution in [-0.2, 0) is 4.79 Å². The zero-order valence-electron chi connectivity index (χ0n) is 17.5. The zero-order valence-corrected chi connectivity index (χ0v) is 19.9. The third kappa shape index (κ3) is 8.11. The summed E-state index contributed by atoms with van der Waals surface area (Å²) in [4.78, 5) is 23.5. The molecule has 2 heterocycles. The SMILES string of the molecule is CCN1CCCCC1CNC(=NC)N1CCN(CC(=O)NC(C)C)CC1.I. The molecule has 2 fully saturated rings. The number of nitrogens with zero attached hydrogens (tertiary/aromatic N) is 4. The van der Waals surface area contributed by atoms with Gasteiger partial charge in [0.05, 0.1) is 6.54 Å². The Balaban J connectivity index is 0.00000364. The van der Waals surface area contributed by atoms with E-state index < -0.39 is 0 Å². The predicted octanol–water partition coefficient (Wildman–Crippen LogP) is 1.20. The van der Waals surface area contributed by atoms with Gasteiger partial charge < -0.3 is 15.5 Å². The molecule has 1 unspecified atom stereocenters. The Labute approximate surface area is 182 Å². The van der Waals surface area contributed by atoms with E-state index in [4.69, 9.17) is 0 Å². The maximum absolute atomic E-state index is 11.9. The Morgan fingerprint density at radius 3 is 2.44 bits per heavy atom. The topological polar surface area (TPSA) is 63.2 Å². The Morgan fingerprint density at radius 2 is 1.85 bits per heavy atom. The minimum Gasteiger partial charge on any atom is -0.355 e. The third-order valence-corrected chi connectivity index (χ3v) is 5.35. The third-order valence-electron chi connectivity index (χ3n) is 5.35. The molecule has 0 aromatic heterocycles. The van der Waals surface area contributed by atoms with Crippen LogP contribution < -0.4 is 10.6 Å². The lowest BCUT2D eigenvalue weighted by Gasteiger charge is -2.38. The Morgan fingerprint density at radius 1 is 1.15 bits per heavy atom. The number of guanidine groups is 1. The van der Waals surface area contributed by atoms with Gasteiger partial charge in [-0.15, -0.1) is 24.0 Å². The fourth-order valence-electron chi connectivity index (χ4n) is 3.94. The van der Waals surface area contributed by atoms with E-state index in [1.807, 2.05) is 20.9 Å². The molecule has 0 aliphatic carbocycles. The van der Waals surface area contributed by atoms with Crippen molar-refractivity contribution in [2.75, 3.05) is 59.4 Å². The Bertz CT molecular complexity index is 465. The molecule has 2 N–H and O–H groups in total. The van der Waals surface area contributed by atoms with Gasteiger partial charge in [0.15, 0.2) is 5.96 Å². The van der Waals surface area contributed by atoms with Crippen molar-refractivity contribution in [3.63, 3.8) is 0 Å². The molecule has 7 nitrogen and oxygen atoms in total. The number of piperazine rings is 1. The number of halogens is 1. The van der Waals surface area contributed by atoms with E-state index in [9.17, 15) is 4.79 Å². The van der Waals surface area contributed by atoms with Crippen molar-refractivity contribution in [3.8, 4) is 0 Å². The molecule has 0 aromatic rings. The van der Waals surface area contributed by atoms with Crippen LogP contribution in [0.25, 0.3) is 0 Å². The highest BCUT2D eigenvalue weighted by molar-refractivity contribution is 14.0. The summed E-state index contributed by atoms with van der Waals surface area (Å²) in [5, 5.41) is 6.56.